The van der Waals surface area contributed by atoms with Crippen molar-refractivity contribution in [1.82, 2.24) is 9.88 Å². The smallest absolute Gasteiger partial charge is 0.328 e. The Bertz CT molecular complexity index is 355. The number of carbonyl (C=O) groups is 1. The minimum Gasteiger partial charge on any atom is -0.478 e. The van der Waals surface area contributed by atoms with Crippen LogP contribution in [0.1, 0.15) is 11.3 Å². The average Bonchev–Trinajstić information content (AvgIpc) is 2.16. The number of pyridine rings is 1. The molecule has 1 N–H and O–H groups in total. The Kier molecular flexibility index (Phi) is 4.00. The first-order valence-corrected chi connectivity index (χ1v) is 4.58. The standard InChI is InChI=1S/C11H14N2O2/c1-13(2)8-10-5-3-9(7-12-10)4-6-11(14)15/h3-7H,8H2,1-2H3,(H,14,15). The maximum absolute atomic E-state index is 10.3. The highest BCUT2D eigenvalue weighted by Crippen LogP contribution is 2.03. The molecular formula is C11H14N2O2. The molecule has 1 heterocycles. The van der Waals surface area contributed by atoms with Gasteiger partial charge in [0.2, 0.25) is 0 Å². The predicted molar refractivity (Wildman–Crippen MR) is 58.3 cm³/mol. The van der Waals surface area contributed by atoms with Crippen LogP contribution in [-0.2, 0) is 11.3 Å². The number of hydrogen-bond acceptors (Lipinski definition) is 3. The van der Waals surface area contributed by atoms with Crippen LogP contribution in [0.4, 0.5) is 0 Å². The first-order valence-electron chi connectivity index (χ1n) is 4.58. The zero-order valence-electron chi connectivity index (χ0n) is 8.84. The van der Waals surface area contributed by atoms with Crippen molar-refractivity contribution in [3.8, 4) is 0 Å². The second-order valence-electron chi connectivity index (χ2n) is 3.49. The molecule has 0 aromatic carbocycles. The molecule has 0 radical (unpaired) electrons. The van der Waals surface area contributed by atoms with Gasteiger partial charge < -0.3 is 10.0 Å². The van der Waals surface area contributed by atoms with Gasteiger partial charge in [0.25, 0.3) is 0 Å². The molecule has 0 amide bonds. The van der Waals surface area contributed by atoms with Gasteiger partial charge in [-0.2, -0.15) is 0 Å². The first-order chi connectivity index (χ1) is 7.08. The lowest BCUT2D eigenvalue weighted by molar-refractivity contribution is -0.131. The molecule has 1 rings (SSSR count). The molecule has 0 bridgehead atoms. The molecule has 0 saturated carbocycles. The third-order valence-corrected chi connectivity index (χ3v) is 1.74. The zero-order chi connectivity index (χ0) is 11.3. The summed E-state index contributed by atoms with van der Waals surface area (Å²) in [7, 11) is 3.94. The Balaban J connectivity index is 2.68. The molecule has 0 aliphatic rings. The summed E-state index contributed by atoms with van der Waals surface area (Å²) < 4.78 is 0. The molecular weight excluding hydrogens is 192 g/mol. The van der Waals surface area contributed by atoms with Crippen molar-refractivity contribution in [1.29, 1.82) is 0 Å². The van der Waals surface area contributed by atoms with Gasteiger partial charge >= 0.3 is 5.97 Å². The van der Waals surface area contributed by atoms with Crippen molar-refractivity contribution < 1.29 is 9.90 Å². The van der Waals surface area contributed by atoms with Gasteiger partial charge in [-0.3, -0.25) is 4.98 Å². The summed E-state index contributed by atoms with van der Waals surface area (Å²) in [4.78, 5) is 16.5. The lowest BCUT2D eigenvalue weighted by Gasteiger charge is -2.08. The quantitative estimate of drug-likeness (QED) is 0.753. The number of aliphatic carboxylic acids is 1. The molecule has 15 heavy (non-hydrogen) atoms. The Labute approximate surface area is 88.9 Å². The molecule has 1 aromatic heterocycles. The Morgan fingerprint density at radius 3 is 2.73 bits per heavy atom. The van der Waals surface area contributed by atoms with Gasteiger partial charge in [-0.1, -0.05) is 6.07 Å². The zero-order valence-corrected chi connectivity index (χ0v) is 8.84. The monoisotopic (exact) mass is 206 g/mol. The summed E-state index contributed by atoms with van der Waals surface area (Å²) in [5, 5.41) is 8.43. The molecule has 0 fully saturated rings. The third-order valence-electron chi connectivity index (χ3n) is 1.74. The largest absolute Gasteiger partial charge is 0.478 e. The maximum atomic E-state index is 10.3. The minimum absolute atomic E-state index is 0.781. The van der Waals surface area contributed by atoms with E-state index in [1.807, 2.05) is 31.1 Å². The van der Waals surface area contributed by atoms with Gasteiger partial charge in [-0.25, -0.2) is 4.79 Å². The van der Waals surface area contributed by atoms with Crippen LogP contribution in [0.25, 0.3) is 6.08 Å². The topological polar surface area (TPSA) is 53.4 Å². The fourth-order valence-electron chi connectivity index (χ4n) is 1.12. The predicted octanol–water partition coefficient (Wildman–Crippen LogP) is 1.24. The summed E-state index contributed by atoms with van der Waals surface area (Å²) in [6.07, 6.45) is 4.29. The highest BCUT2D eigenvalue weighted by atomic mass is 16.4. The number of rotatable bonds is 4. The molecule has 0 aliphatic heterocycles. The summed E-state index contributed by atoms with van der Waals surface area (Å²) in [6.45, 7) is 0.781. The summed E-state index contributed by atoms with van der Waals surface area (Å²) >= 11 is 0. The van der Waals surface area contributed by atoms with Gasteiger partial charge in [-0.05, 0) is 31.8 Å². The number of carboxylic acid groups (broad SMARTS) is 1. The highest BCUT2D eigenvalue weighted by molar-refractivity contribution is 5.85. The normalized spacial score (nSPS) is 11.1. The molecule has 0 saturated heterocycles. The second kappa shape index (κ2) is 5.26. The number of hydrogen-bond donors (Lipinski definition) is 1. The van der Waals surface area contributed by atoms with Crippen molar-refractivity contribution in [2.45, 2.75) is 6.54 Å². The van der Waals surface area contributed by atoms with Crippen molar-refractivity contribution in [2.24, 2.45) is 0 Å². The van der Waals surface area contributed by atoms with Crippen LogP contribution >= 0.6 is 0 Å². The Morgan fingerprint density at radius 1 is 1.53 bits per heavy atom. The molecule has 80 valence electrons. The fraction of sp³-hybridized carbons (Fsp3) is 0.273. The van der Waals surface area contributed by atoms with E-state index in [2.05, 4.69) is 4.98 Å². The number of carboxylic acids is 1. The Hall–Kier alpha value is -1.68. The van der Waals surface area contributed by atoms with E-state index in [0.717, 1.165) is 23.9 Å². The third kappa shape index (κ3) is 4.37. The van der Waals surface area contributed by atoms with Crippen molar-refractivity contribution in [3.05, 3.63) is 35.7 Å². The molecule has 0 atom stereocenters. The maximum Gasteiger partial charge on any atom is 0.328 e. The van der Waals surface area contributed by atoms with E-state index in [0.29, 0.717) is 0 Å². The lowest BCUT2D eigenvalue weighted by atomic mass is 10.2. The molecule has 1 aromatic rings. The molecule has 0 spiro atoms. The van der Waals surface area contributed by atoms with Gasteiger partial charge in [0.1, 0.15) is 0 Å². The summed E-state index contributed by atoms with van der Waals surface area (Å²) in [5.74, 6) is -0.952. The average molecular weight is 206 g/mol. The lowest BCUT2D eigenvalue weighted by Crippen LogP contribution is -2.11. The van der Waals surface area contributed by atoms with Crippen molar-refractivity contribution in [3.63, 3.8) is 0 Å². The van der Waals surface area contributed by atoms with Crippen LogP contribution in [0.3, 0.4) is 0 Å². The Morgan fingerprint density at radius 2 is 2.27 bits per heavy atom. The van der Waals surface area contributed by atoms with E-state index in [9.17, 15) is 4.79 Å². The van der Waals surface area contributed by atoms with Gasteiger partial charge in [-0.15, -0.1) is 0 Å². The molecule has 0 unspecified atom stereocenters. The van der Waals surface area contributed by atoms with E-state index < -0.39 is 5.97 Å². The highest BCUT2D eigenvalue weighted by Gasteiger charge is 1.96. The fourth-order valence-corrected chi connectivity index (χ4v) is 1.12. The molecule has 4 nitrogen and oxygen atoms in total. The van der Waals surface area contributed by atoms with E-state index in [-0.39, 0.29) is 0 Å². The molecule has 4 heteroatoms. The van der Waals surface area contributed by atoms with Crippen LogP contribution in [0, 0.1) is 0 Å². The summed E-state index contributed by atoms with van der Waals surface area (Å²) in [6, 6.07) is 3.74. The summed E-state index contributed by atoms with van der Waals surface area (Å²) in [5.41, 5.74) is 1.76. The second-order valence-corrected chi connectivity index (χ2v) is 3.49. The van der Waals surface area contributed by atoms with Crippen LogP contribution in [0.5, 0.6) is 0 Å². The van der Waals surface area contributed by atoms with Crippen LogP contribution in [-0.4, -0.2) is 35.1 Å². The van der Waals surface area contributed by atoms with Gasteiger partial charge in [0, 0.05) is 18.8 Å². The number of aromatic nitrogens is 1. The van der Waals surface area contributed by atoms with E-state index in [1.54, 1.807) is 6.20 Å². The van der Waals surface area contributed by atoms with E-state index in [1.165, 1.54) is 6.08 Å². The SMILES string of the molecule is CN(C)Cc1ccc(C=CC(=O)O)cn1. The van der Waals surface area contributed by atoms with Crippen LogP contribution in [0.15, 0.2) is 24.4 Å². The number of nitrogens with zero attached hydrogens (tertiary/aromatic N) is 2. The van der Waals surface area contributed by atoms with Crippen molar-refractivity contribution >= 4 is 12.0 Å². The van der Waals surface area contributed by atoms with Crippen LogP contribution in [0.2, 0.25) is 0 Å². The van der Waals surface area contributed by atoms with E-state index >= 15 is 0 Å². The van der Waals surface area contributed by atoms with Crippen LogP contribution < -0.4 is 0 Å². The van der Waals surface area contributed by atoms with Gasteiger partial charge in [0.05, 0.1) is 5.69 Å². The van der Waals surface area contributed by atoms with Gasteiger partial charge in [0.15, 0.2) is 0 Å². The minimum atomic E-state index is -0.952. The van der Waals surface area contributed by atoms with E-state index in [4.69, 9.17) is 5.11 Å². The van der Waals surface area contributed by atoms with Crippen molar-refractivity contribution in [2.75, 3.05) is 14.1 Å². The molecule has 0 aliphatic carbocycles. The first kappa shape index (κ1) is 11.4.